The molecule has 7 heteroatoms. The molecular weight excluding hydrogens is 404 g/mol. The standard InChI is InChI=1S/C24H28N6S/c1-2-3-12-25-13-17-8-10-19(11-9-17)30-15-18(14-28-30)29-23-22-20-6-4-5-7-21(20)31-24(22)27-16-26-23/h8-11,14-16,25H,2-7,12-13H2,1H3,(H,26,27,29). The van der Waals surface area contributed by atoms with Gasteiger partial charge < -0.3 is 10.6 Å². The van der Waals surface area contributed by atoms with Gasteiger partial charge in [0.2, 0.25) is 0 Å². The molecule has 6 nitrogen and oxygen atoms in total. The van der Waals surface area contributed by atoms with Crippen molar-refractivity contribution in [1.82, 2.24) is 25.1 Å². The number of hydrogen-bond donors (Lipinski definition) is 2. The average Bonchev–Trinajstić information content (AvgIpc) is 3.42. The van der Waals surface area contributed by atoms with E-state index in [1.165, 1.54) is 47.1 Å². The zero-order valence-electron chi connectivity index (χ0n) is 17.9. The molecule has 3 heterocycles. The summed E-state index contributed by atoms with van der Waals surface area (Å²) in [4.78, 5) is 11.6. The molecule has 0 fully saturated rings. The van der Waals surface area contributed by atoms with E-state index in [1.54, 1.807) is 6.33 Å². The van der Waals surface area contributed by atoms with Gasteiger partial charge in [0.15, 0.2) is 0 Å². The summed E-state index contributed by atoms with van der Waals surface area (Å²) < 4.78 is 1.90. The highest BCUT2D eigenvalue weighted by Gasteiger charge is 2.20. The molecule has 0 spiro atoms. The minimum absolute atomic E-state index is 0.887. The molecule has 160 valence electrons. The van der Waals surface area contributed by atoms with E-state index in [0.717, 1.165) is 48.0 Å². The fourth-order valence-corrected chi connectivity index (χ4v) is 5.38. The van der Waals surface area contributed by atoms with Crippen LogP contribution in [0, 0.1) is 0 Å². The summed E-state index contributed by atoms with van der Waals surface area (Å²) in [6.45, 7) is 4.18. The van der Waals surface area contributed by atoms with Crippen molar-refractivity contribution in [3.05, 3.63) is 59.0 Å². The number of fused-ring (bicyclic) bond motifs is 3. The normalized spacial score (nSPS) is 13.5. The molecule has 1 aliphatic rings. The lowest BCUT2D eigenvalue weighted by Crippen LogP contribution is -2.14. The van der Waals surface area contributed by atoms with Gasteiger partial charge >= 0.3 is 0 Å². The van der Waals surface area contributed by atoms with E-state index in [9.17, 15) is 0 Å². The third kappa shape index (κ3) is 4.34. The topological polar surface area (TPSA) is 67.7 Å². The average molecular weight is 433 g/mol. The van der Waals surface area contributed by atoms with Crippen LogP contribution in [0.3, 0.4) is 0 Å². The van der Waals surface area contributed by atoms with Gasteiger partial charge in [-0.15, -0.1) is 11.3 Å². The second-order valence-corrected chi connectivity index (χ2v) is 9.19. The first-order chi connectivity index (χ1) is 15.3. The second kappa shape index (κ2) is 9.16. The number of nitrogens with one attached hydrogen (secondary N) is 2. The summed E-state index contributed by atoms with van der Waals surface area (Å²) in [7, 11) is 0. The summed E-state index contributed by atoms with van der Waals surface area (Å²) in [5, 5.41) is 12.7. The van der Waals surface area contributed by atoms with E-state index in [-0.39, 0.29) is 0 Å². The number of anilines is 2. The summed E-state index contributed by atoms with van der Waals surface area (Å²) in [6, 6.07) is 8.56. The molecule has 1 aliphatic carbocycles. The van der Waals surface area contributed by atoms with E-state index >= 15 is 0 Å². The fourth-order valence-electron chi connectivity index (χ4n) is 4.15. The number of rotatable bonds is 8. The molecule has 0 unspecified atom stereocenters. The van der Waals surface area contributed by atoms with Crippen LogP contribution in [0.25, 0.3) is 15.9 Å². The van der Waals surface area contributed by atoms with Crippen LogP contribution in [0.4, 0.5) is 11.5 Å². The molecule has 5 rings (SSSR count). The molecule has 0 atom stereocenters. The van der Waals surface area contributed by atoms with Crippen molar-refractivity contribution in [2.75, 3.05) is 11.9 Å². The highest BCUT2D eigenvalue weighted by Crippen LogP contribution is 2.38. The van der Waals surface area contributed by atoms with Crippen LogP contribution in [0.2, 0.25) is 0 Å². The van der Waals surface area contributed by atoms with E-state index in [4.69, 9.17) is 0 Å². The largest absolute Gasteiger partial charge is 0.337 e. The summed E-state index contributed by atoms with van der Waals surface area (Å²) in [5.74, 6) is 0.887. The molecule has 0 amide bonds. The maximum absolute atomic E-state index is 4.56. The molecule has 0 aliphatic heterocycles. The van der Waals surface area contributed by atoms with Crippen LogP contribution >= 0.6 is 11.3 Å². The van der Waals surface area contributed by atoms with Crippen molar-refractivity contribution in [1.29, 1.82) is 0 Å². The van der Waals surface area contributed by atoms with Crippen molar-refractivity contribution >= 4 is 33.1 Å². The van der Waals surface area contributed by atoms with Gasteiger partial charge in [-0.1, -0.05) is 25.5 Å². The van der Waals surface area contributed by atoms with Gasteiger partial charge in [0, 0.05) is 11.4 Å². The van der Waals surface area contributed by atoms with Gasteiger partial charge in [-0.3, -0.25) is 0 Å². The van der Waals surface area contributed by atoms with Crippen LogP contribution in [0.1, 0.15) is 48.6 Å². The van der Waals surface area contributed by atoms with Crippen molar-refractivity contribution in [3.63, 3.8) is 0 Å². The van der Waals surface area contributed by atoms with Crippen LogP contribution in [0.15, 0.2) is 43.0 Å². The fraction of sp³-hybridized carbons (Fsp3) is 0.375. The molecular formula is C24H28N6S. The number of benzene rings is 1. The molecule has 31 heavy (non-hydrogen) atoms. The molecule has 2 N–H and O–H groups in total. The maximum Gasteiger partial charge on any atom is 0.142 e. The van der Waals surface area contributed by atoms with Gasteiger partial charge in [0.1, 0.15) is 17.0 Å². The van der Waals surface area contributed by atoms with E-state index in [1.807, 2.05) is 28.4 Å². The van der Waals surface area contributed by atoms with Gasteiger partial charge in [-0.05, 0) is 61.9 Å². The highest BCUT2D eigenvalue weighted by molar-refractivity contribution is 7.19. The lowest BCUT2D eigenvalue weighted by atomic mass is 9.97. The summed E-state index contributed by atoms with van der Waals surface area (Å²) in [6.07, 6.45) is 12.8. The Kier molecular flexibility index (Phi) is 5.95. The van der Waals surface area contributed by atoms with Gasteiger partial charge in [-0.2, -0.15) is 5.10 Å². The van der Waals surface area contributed by atoms with Crippen LogP contribution in [-0.2, 0) is 19.4 Å². The Morgan fingerprint density at radius 1 is 1.10 bits per heavy atom. The predicted molar refractivity (Wildman–Crippen MR) is 128 cm³/mol. The van der Waals surface area contributed by atoms with E-state index in [0.29, 0.717) is 0 Å². The van der Waals surface area contributed by atoms with Crippen LogP contribution < -0.4 is 10.6 Å². The van der Waals surface area contributed by atoms with Crippen molar-refractivity contribution in [2.24, 2.45) is 0 Å². The first kappa shape index (κ1) is 20.2. The number of hydrogen-bond acceptors (Lipinski definition) is 6. The Labute approximate surface area is 186 Å². The molecule has 0 radical (unpaired) electrons. The summed E-state index contributed by atoms with van der Waals surface area (Å²) in [5.41, 5.74) is 4.70. The third-order valence-electron chi connectivity index (χ3n) is 5.83. The third-order valence-corrected chi connectivity index (χ3v) is 7.03. The summed E-state index contributed by atoms with van der Waals surface area (Å²) >= 11 is 1.82. The Morgan fingerprint density at radius 3 is 2.84 bits per heavy atom. The maximum atomic E-state index is 4.56. The van der Waals surface area contributed by atoms with Gasteiger partial charge in [0.05, 0.1) is 29.2 Å². The Morgan fingerprint density at radius 2 is 1.97 bits per heavy atom. The molecule has 0 saturated heterocycles. The van der Waals surface area contributed by atoms with Gasteiger partial charge in [0.25, 0.3) is 0 Å². The van der Waals surface area contributed by atoms with Crippen molar-refractivity contribution < 1.29 is 0 Å². The number of thiophene rings is 1. The SMILES string of the molecule is CCCCNCc1ccc(-n2cc(Nc3ncnc4sc5c(c34)CCCC5)cn2)cc1. The lowest BCUT2D eigenvalue weighted by molar-refractivity contribution is 0.641. The monoisotopic (exact) mass is 432 g/mol. The Hall–Kier alpha value is -2.77. The Balaban J connectivity index is 1.32. The molecule has 1 aromatic carbocycles. The zero-order valence-corrected chi connectivity index (χ0v) is 18.7. The second-order valence-electron chi connectivity index (χ2n) is 8.11. The molecule has 3 aromatic heterocycles. The van der Waals surface area contributed by atoms with Crippen molar-refractivity contribution in [3.8, 4) is 5.69 Å². The smallest absolute Gasteiger partial charge is 0.142 e. The quantitative estimate of drug-likeness (QED) is 0.366. The van der Waals surface area contributed by atoms with Gasteiger partial charge in [-0.25, -0.2) is 14.6 Å². The van der Waals surface area contributed by atoms with Crippen molar-refractivity contribution in [2.45, 2.75) is 52.0 Å². The number of unbranched alkanes of at least 4 members (excludes halogenated alkanes) is 1. The van der Waals surface area contributed by atoms with E-state index < -0.39 is 0 Å². The Bertz CT molecular complexity index is 1160. The van der Waals surface area contributed by atoms with Crippen LogP contribution in [-0.4, -0.2) is 26.3 Å². The first-order valence-corrected chi connectivity index (χ1v) is 12.0. The zero-order chi connectivity index (χ0) is 21.0. The highest BCUT2D eigenvalue weighted by atomic mass is 32.1. The minimum Gasteiger partial charge on any atom is -0.337 e. The number of nitrogens with zero attached hydrogens (tertiary/aromatic N) is 4. The first-order valence-electron chi connectivity index (χ1n) is 11.2. The molecule has 4 aromatic rings. The predicted octanol–water partition coefficient (Wildman–Crippen LogP) is 5.39. The lowest BCUT2D eigenvalue weighted by Gasteiger charge is -2.11. The minimum atomic E-state index is 0.887. The van der Waals surface area contributed by atoms with Crippen LogP contribution in [0.5, 0.6) is 0 Å². The van der Waals surface area contributed by atoms with E-state index in [2.05, 4.69) is 56.9 Å². The number of aromatic nitrogens is 4. The molecule has 0 bridgehead atoms. The molecule has 0 saturated carbocycles. The number of aryl methyl sites for hydroxylation is 2.